The van der Waals surface area contributed by atoms with Gasteiger partial charge in [-0.1, -0.05) is 36.7 Å². The molecule has 28 heavy (non-hydrogen) atoms. The van der Waals surface area contributed by atoms with Gasteiger partial charge in [0, 0.05) is 29.3 Å². The molecule has 1 aromatic carbocycles. The number of nitrogens with zero attached hydrogens (tertiary/aromatic N) is 4. The average Bonchev–Trinajstić information content (AvgIpc) is 3.21. The first-order chi connectivity index (χ1) is 13.3. The SMILES string of the molecule is Cc1ccc(C(=O)N2C=C(c3nc(C)no3)c3[nH]nc(C)c3C(C)(C)C2)cc1. The van der Waals surface area contributed by atoms with E-state index in [1.54, 1.807) is 18.0 Å². The van der Waals surface area contributed by atoms with Crippen molar-refractivity contribution in [3.05, 3.63) is 70.3 Å². The minimum Gasteiger partial charge on any atom is -0.334 e. The number of aromatic nitrogens is 4. The summed E-state index contributed by atoms with van der Waals surface area (Å²) in [6.07, 6.45) is 1.79. The van der Waals surface area contributed by atoms with E-state index in [0.717, 1.165) is 22.5 Å². The predicted molar refractivity (Wildman–Crippen MR) is 105 cm³/mol. The van der Waals surface area contributed by atoms with Crippen LogP contribution in [0.25, 0.3) is 5.57 Å². The second-order valence-corrected chi connectivity index (χ2v) is 7.93. The monoisotopic (exact) mass is 377 g/mol. The van der Waals surface area contributed by atoms with Gasteiger partial charge in [-0.15, -0.1) is 0 Å². The molecular weight excluding hydrogens is 354 g/mol. The fourth-order valence-corrected chi connectivity index (χ4v) is 3.79. The molecule has 0 saturated carbocycles. The van der Waals surface area contributed by atoms with Crippen molar-refractivity contribution in [3.8, 4) is 0 Å². The molecular formula is C21H23N5O2. The molecule has 4 rings (SSSR count). The molecule has 0 bridgehead atoms. The van der Waals surface area contributed by atoms with Gasteiger partial charge in [-0.2, -0.15) is 10.1 Å². The van der Waals surface area contributed by atoms with E-state index in [-0.39, 0.29) is 11.3 Å². The number of hydrogen-bond donors (Lipinski definition) is 1. The maximum absolute atomic E-state index is 13.3. The molecule has 0 radical (unpaired) electrons. The van der Waals surface area contributed by atoms with Crippen molar-refractivity contribution in [2.24, 2.45) is 0 Å². The Balaban J connectivity index is 1.86. The van der Waals surface area contributed by atoms with Gasteiger partial charge in [-0.3, -0.25) is 9.89 Å². The Morgan fingerprint density at radius 2 is 1.89 bits per heavy atom. The smallest absolute Gasteiger partial charge is 0.261 e. The van der Waals surface area contributed by atoms with E-state index in [0.29, 0.717) is 29.4 Å². The van der Waals surface area contributed by atoms with Crippen molar-refractivity contribution in [2.75, 3.05) is 6.54 Å². The maximum Gasteiger partial charge on any atom is 0.261 e. The third-order valence-corrected chi connectivity index (χ3v) is 5.06. The molecule has 0 fully saturated rings. The highest BCUT2D eigenvalue weighted by Gasteiger charge is 2.37. The number of aromatic amines is 1. The summed E-state index contributed by atoms with van der Waals surface area (Å²) in [6, 6.07) is 7.59. The second kappa shape index (κ2) is 6.44. The van der Waals surface area contributed by atoms with Gasteiger partial charge >= 0.3 is 0 Å². The van der Waals surface area contributed by atoms with Crippen molar-refractivity contribution < 1.29 is 9.32 Å². The zero-order valence-corrected chi connectivity index (χ0v) is 16.7. The van der Waals surface area contributed by atoms with Gasteiger partial charge in [0.15, 0.2) is 5.82 Å². The summed E-state index contributed by atoms with van der Waals surface area (Å²) < 4.78 is 5.43. The highest BCUT2D eigenvalue weighted by molar-refractivity contribution is 5.96. The van der Waals surface area contributed by atoms with Crippen LogP contribution in [0.15, 0.2) is 35.0 Å². The van der Waals surface area contributed by atoms with E-state index in [4.69, 9.17) is 4.52 Å². The van der Waals surface area contributed by atoms with Crippen LogP contribution in [0.2, 0.25) is 0 Å². The Labute approximate surface area is 163 Å². The van der Waals surface area contributed by atoms with Crippen molar-refractivity contribution in [1.29, 1.82) is 0 Å². The molecule has 1 aliphatic rings. The standard InChI is InChI=1S/C21H23N5O2/c1-12-6-8-15(9-7-12)20(27)26-10-16(19-22-14(3)25-28-19)18-17(13(2)23-24-18)21(4,5)11-26/h6-10H,11H2,1-5H3,(H,23,24). The quantitative estimate of drug-likeness (QED) is 0.738. The minimum atomic E-state index is -0.319. The summed E-state index contributed by atoms with van der Waals surface area (Å²) in [6.45, 7) is 10.5. The van der Waals surface area contributed by atoms with Gasteiger partial charge in [0.2, 0.25) is 0 Å². The summed E-state index contributed by atoms with van der Waals surface area (Å²) in [5, 5.41) is 11.4. The molecule has 144 valence electrons. The Morgan fingerprint density at radius 3 is 2.54 bits per heavy atom. The van der Waals surface area contributed by atoms with Crippen LogP contribution in [0.3, 0.4) is 0 Å². The number of benzene rings is 1. The van der Waals surface area contributed by atoms with Crippen molar-refractivity contribution >= 4 is 11.5 Å². The van der Waals surface area contributed by atoms with Crippen molar-refractivity contribution in [1.82, 2.24) is 25.2 Å². The van der Waals surface area contributed by atoms with Gasteiger partial charge in [0.1, 0.15) is 0 Å². The third kappa shape index (κ3) is 3.02. The Morgan fingerprint density at radius 1 is 1.18 bits per heavy atom. The van der Waals surface area contributed by atoms with Gasteiger partial charge in [-0.25, -0.2) is 0 Å². The molecule has 1 amide bonds. The highest BCUT2D eigenvalue weighted by atomic mass is 16.5. The normalized spacial score (nSPS) is 15.8. The number of carbonyl (C=O) groups excluding carboxylic acids is 1. The Kier molecular flexibility index (Phi) is 4.18. The number of nitrogens with one attached hydrogen (secondary N) is 1. The van der Waals surface area contributed by atoms with Gasteiger partial charge in [0.25, 0.3) is 11.8 Å². The van der Waals surface area contributed by atoms with Crippen LogP contribution in [0.5, 0.6) is 0 Å². The summed E-state index contributed by atoms with van der Waals surface area (Å²) in [7, 11) is 0. The molecule has 1 aliphatic heterocycles. The van der Waals surface area contributed by atoms with E-state index in [1.165, 1.54) is 0 Å². The minimum absolute atomic E-state index is 0.0717. The predicted octanol–water partition coefficient (Wildman–Crippen LogP) is 3.54. The lowest BCUT2D eigenvalue weighted by atomic mass is 9.82. The molecule has 0 spiro atoms. The highest BCUT2D eigenvalue weighted by Crippen LogP contribution is 2.38. The molecule has 7 nitrogen and oxygen atoms in total. The molecule has 7 heteroatoms. The molecule has 0 aliphatic carbocycles. The number of carbonyl (C=O) groups is 1. The average molecular weight is 377 g/mol. The second-order valence-electron chi connectivity index (χ2n) is 7.93. The summed E-state index contributed by atoms with van der Waals surface area (Å²) in [5.41, 5.74) is 4.86. The molecule has 0 atom stereocenters. The zero-order valence-electron chi connectivity index (χ0n) is 16.7. The summed E-state index contributed by atoms with van der Waals surface area (Å²) in [4.78, 5) is 19.4. The number of rotatable bonds is 2. The third-order valence-electron chi connectivity index (χ3n) is 5.06. The fraction of sp³-hybridized carbons (Fsp3) is 0.333. The number of hydrogen-bond acceptors (Lipinski definition) is 5. The summed E-state index contributed by atoms with van der Waals surface area (Å²) >= 11 is 0. The van der Waals surface area contributed by atoms with Gasteiger partial charge in [-0.05, 0) is 32.9 Å². The van der Waals surface area contributed by atoms with E-state index < -0.39 is 0 Å². The van der Waals surface area contributed by atoms with Crippen LogP contribution < -0.4 is 0 Å². The van der Waals surface area contributed by atoms with Gasteiger partial charge < -0.3 is 9.42 Å². The number of fused-ring (bicyclic) bond motifs is 1. The molecule has 0 unspecified atom stereocenters. The lowest BCUT2D eigenvalue weighted by Gasteiger charge is -2.29. The molecule has 0 saturated heterocycles. The Bertz CT molecular complexity index is 1070. The van der Waals surface area contributed by atoms with Crippen LogP contribution in [0, 0.1) is 20.8 Å². The number of amides is 1. The zero-order chi connectivity index (χ0) is 20.1. The van der Waals surface area contributed by atoms with Crippen molar-refractivity contribution in [2.45, 2.75) is 40.0 Å². The number of aryl methyl sites for hydroxylation is 3. The molecule has 2 aromatic heterocycles. The molecule has 1 N–H and O–H groups in total. The topological polar surface area (TPSA) is 87.9 Å². The van der Waals surface area contributed by atoms with E-state index in [1.807, 2.05) is 38.1 Å². The van der Waals surface area contributed by atoms with E-state index in [2.05, 4.69) is 34.2 Å². The largest absolute Gasteiger partial charge is 0.334 e. The van der Waals surface area contributed by atoms with Crippen LogP contribution in [-0.4, -0.2) is 37.7 Å². The molecule has 3 aromatic rings. The lowest BCUT2D eigenvalue weighted by molar-refractivity contribution is 0.0800. The fourth-order valence-electron chi connectivity index (χ4n) is 3.79. The lowest BCUT2D eigenvalue weighted by Crippen LogP contribution is -2.37. The first-order valence-corrected chi connectivity index (χ1v) is 9.22. The number of H-pyrrole nitrogens is 1. The maximum atomic E-state index is 13.3. The molecule has 3 heterocycles. The van der Waals surface area contributed by atoms with Crippen LogP contribution in [0.1, 0.15) is 58.4 Å². The summed E-state index contributed by atoms with van der Waals surface area (Å²) in [5.74, 6) is 0.827. The van der Waals surface area contributed by atoms with Gasteiger partial charge in [0.05, 0.1) is 17.0 Å². The van der Waals surface area contributed by atoms with E-state index in [9.17, 15) is 4.79 Å². The van der Waals surface area contributed by atoms with E-state index >= 15 is 0 Å². The van der Waals surface area contributed by atoms with Crippen molar-refractivity contribution in [3.63, 3.8) is 0 Å². The Hall–Kier alpha value is -3.22. The van der Waals surface area contributed by atoms with Crippen LogP contribution >= 0.6 is 0 Å². The van der Waals surface area contributed by atoms with Crippen LogP contribution in [-0.2, 0) is 5.41 Å². The van der Waals surface area contributed by atoms with Crippen LogP contribution in [0.4, 0.5) is 0 Å². The first kappa shape index (κ1) is 18.2. The first-order valence-electron chi connectivity index (χ1n) is 9.22.